The Labute approximate surface area is 139 Å². The van der Waals surface area contributed by atoms with Crippen LogP contribution in [0.25, 0.3) is 0 Å². The van der Waals surface area contributed by atoms with Crippen LogP contribution < -0.4 is 5.32 Å². The first kappa shape index (κ1) is 17.2. The molecule has 2 aromatic rings. The third kappa shape index (κ3) is 5.49. The summed E-state index contributed by atoms with van der Waals surface area (Å²) in [6.45, 7) is 0.365. The molecular formula is C18H17ClFNO2. The smallest absolute Gasteiger partial charge is 0.220 e. The molecular weight excluding hydrogens is 317 g/mol. The van der Waals surface area contributed by atoms with Crippen molar-refractivity contribution in [2.24, 2.45) is 0 Å². The standard InChI is InChI=1S/C18H17ClFNO2/c19-16-5-2-1-4-14(16)12-21-18(23)7-3-6-17(22)13-8-10-15(20)11-9-13/h1-2,4-5,8-11H,3,6-7,12H2,(H,21,23). The highest BCUT2D eigenvalue weighted by atomic mass is 35.5. The van der Waals surface area contributed by atoms with E-state index in [0.717, 1.165) is 5.56 Å². The molecule has 0 aliphatic heterocycles. The predicted molar refractivity (Wildman–Crippen MR) is 87.9 cm³/mol. The lowest BCUT2D eigenvalue weighted by molar-refractivity contribution is -0.121. The number of rotatable bonds is 7. The van der Waals surface area contributed by atoms with Crippen LogP contribution in [-0.4, -0.2) is 11.7 Å². The lowest BCUT2D eigenvalue weighted by Gasteiger charge is -2.07. The number of Topliss-reactive ketones (excluding diaryl/α,β-unsaturated/α-hetero) is 1. The van der Waals surface area contributed by atoms with Crippen molar-refractivity contribution < 1.29 is 14.0 Å². The van der Waals surface area contributed by atoms with E-state index in [-0.39, 0.29) is 30.3 Å². The lowest BCUT2D eigenvalue weighted by Crippen LogP contribution is -2.22. The van der Waals surface area contributed by atoms with Crippen molar-refractivity contribution >= 4 is 23.3 Å². The minimum Gasteiger partial charge on any atom is -0.352 e. The maximum Gasteiger partial charge on any atom is 0.220 e. The fourth-order valence-electron chi connectivity index (χ4n) is 2.11. The summed E-state index contributed by atoms with van der Waals surface area (Å²) in [5.74, 6) is -0.596. The molecule has 1 amide bonds. The number of carbonyl (C=O) groups excluding carboxylic acids is 2. The van der Waals surface area contributed by atoms with Gasteiger partial charge in [-0.25, -0.2) is 4.39 Å². The third-order valence-corrected chi connectivity index (χ3v) is 3.78. The van der Waals surface area contributed by atoms with E-state index in [1.165, 1.54) is 24.3 Å². The van der Waals surface area contributed by atoms with Crippen molar-refractivity contribution in [3.63, 3.8) is 0 Å². The van der Waals surface area contributed by atoms with E-state index in [9.17, 15) is 14.0 Å². The molecule has 0 bridgehead atoms. The van der Waals surface area contributed by atoms with Crippen LogP contribution in [0.4, 0.5) is 4.39 Å². The van der Waals surface area contributed by atoms with Gasteiger partial charge in [0.05, 0.1) is 0 Å². The van der Waals surface area contributed by atoms with Crippen LogP contribution in [0.3, 0.4) is 0 Å². The maximum absolute atomic E-state index is 12.8. The topological polar surface area (TPSA) is 46.2 Å². The average Bonchev–Trinajstić information content (AvgIpc) is 2.54. The number of halogens is 2. The number of carbonyl (C=O) groups is 2. The normalized spacial score (nSPS) is 10.3. The number of nitrogens with one attached hydrogen (secondary N) is 1. The van der Waals surface area contributed by atoms with Crippen molar-refractivity contribution in [2.45, 2.75) is 25.8 Å². The molecule has 120 valence electrons. The minimum atomic E-state index is -0.375. The second-order valence-corrected chi connectivity index (χ2v) is 5.56. The van der Waals surface area contributed by atoms with Crippen molar-refractivity contribution in [3.05, 3.63) is 70.5 Å². The summed E-state index contributed by atoms with van der Waals surface area (Å²) < 4.78 is 12.8. The molecule has 1 N–H and O–H groups in total. The summed E-state index contributed by atoms with van der Waals surface area (Å²) in [5.41, 5.74) is 1.31. The van der Waals surface area contributed by atoms with E-state index in [4.69, 9.17) is 11.6 Å². The Morgan fingerprint density at radius 2 is 1.70 bits per heavy atom. The number of ketones is 1. The number of amides is 1. The predicted octanol–water partition coefficient (Wildman–Crippen LogP) is 4.15. The van der Waals surface area contributed by atoms with E-state index < -0.39 is 0 Å². The highest BCUT2D eigenvalue weighted by molar-refractivity contribution is 6.31. The van der Waals surface area contributed by atoms with Gasteiger partial charge in [0.25, 0.3) is 0 Å². The van der Waals surface area contributed by atoms with Gasteiger partial charge in [0, 0.05) is 30.0 Å². The highest BCUT2D eigenvalue weighted by Crippen LogP contribution is 2.14. The van der Waals surface area contributed by atoms with Gasteiger partial charge in [0.15, 0.2) is 5.78 Å². The van der Waals surface area contributed by atoms with E-state index in [2.05, 4.69) is 5.32 Å². The Hall–Kier alpha value is -2.20. The zero-order valence-electron chi connectivity index (χ0n) is 12.5. The van der Waals surface area contributed by atoms with Gasteiger partial charge in [0.1, 0.15) is 5.82 Å². The summed E-state index contributed by atoms with van der Waals surface area (Å²) in [7, 11) is 0. The Kier molecular flexibility index (Phi) is 6.29. The number of hydrogen-bond acceptors (Lipinski definition) is 2. The molecule has 0 aliphatic carbocycles. The molecule has 0 atom stereocenters. The van der Waals surface area contributed by atoms with Gasteiger partial charge in [-0.3, -0.25) is 9.59 Å². The molecule has 0 radical (unpaired) electrons. The van der Waals surface area contributed by atoms with Crippen LogP contribution in [0.2, 0.25) is 5.02 Å². The summed E-state index contributed by atoms with van der Waals surface area (Å²) in [5, 5.41) is 3.39. The second-order valence-electron chi connectivity index (χ2n) is 5.15. The molecule has 0 aromatic heterocycles. The van der Waals surface area contributed by atoms with E-state index in [1.807, 2.05) is 18.2 Å². The van der Waals surface area contributed by atoms with Crippen LogP contribution in [-0.2, 0) is 11.3 Å². The molecule has 3 nitrogen and oxygen atoms in total. The van der Waals surface area contributed by atoms with Gasteiger partial charge in [-0.1, -0.05) is 29.8 Å². The van der Waals surface area contributed by atoms with Gasteiger partial charge in [-0.05, 0) is 42.3 Å². The Morgan fingerprint density at radius 1 is 1.00 bits per heavy atom. The molecule has 2 aromatic carbocycles. The van der Waals surface area contributed by atoms with Crippen molar-refractivity contribution in [1.29, 1.82) is 0 Å². The van der Waals surface area contributed by atoms with Gasteiger partial charge >= 0.3 is 0 Å². The van der Waals surface area contributed by atoms with Crippen molar-refractivity contribution in [2.75, 3.05) is 0 Å². The monoisotopic (exact) mass is 333 g/mol. The Bertz CT molecular complexity index is 686. The first-order chi connectivity index (χ1) is 11.1. The maximum atomic E-state index is 12.8. The van der Waals surface area contributed by atoms with E-state index >= 15 is 0 Å². The highest BCUT2D eigenvalue weighted by Gasteiger charge is 2.08. The van der Waals surface area contributed by atoms with Crippen LogP contribution in [0.5, 0.6) is 0 Å². The van der Waals surface area contributed by atoms with Gasteiger partial charge in [-0.15, -0.1) is 0 Å². The van der Waals surface area contributed by atoms with Gasteiger partial charge in [-0.2, -0.15) is 0 Å². The van der Waals surface area contributed by atoms with E-state index in [1.54, 1.807) is 6.07 Å². The zero-order chi connectivity index (χ0) is 16.7. The molecule has 0 fully saturated rings. The number of hydrogen-bond donors (Lipinski definition) is 1. The molecule has 0 aliphatic rings. The molecule has 0 saturated heterocycles. The molecule has 2 rings (SSSR count). The quantitative estimate of drug-likeness (QED) is 0.774. The molecule has 23 heavy (non-hydrogen) atoms. The van der Waals surface area contributed by atoms with Crippen molar-refractivity contribution in [1.82, 2.24) is 5.32 Å². The average molecular weight is 334 g/mol. The summed E-state index contributed by atoms with van der Waals surface area (Å²) >= 11 is 6.01. The number of benzene rings is 2. The van der Waals surface area contributed by atoms with Crippen LogP contribution >= 0.6 is 11.6 Å². The largest absolute Gasteiger partial charge is 0.352 e. The molecule has 0 saturated carbocycles. The fourth-order valence-corrected chi connectivity index (χ4v) is 2.32. The fraction of sp³-hybridized carbons (Fsp3) is 0.222. The van der Waals surface area contributed by atoms with Crippen molar-refractivity contribution in [3.8, 4) is 0 Å². The third-order valence-electron chi connectivity index (χ3n) is 3.41. The Balaban J connectivity index is 1.71. The molecule has 0 heterocycles. The summed E-state index contributed by atoms with van der Waals surface area (Å²) in [4.78, 5) is 23.7. The first-order valence-electron chi connectivity index (χ1n) is 7.35. The Morgan fingerprint density at radius 3 is 2.39 bits per heavy atom. The van der Waals surface area contributed by atoms with Crippen LogP contribution in [0.1, 0.15) is 35.2 Å². The molecule has 0 spiro atoms. The lowest BCUT2D eigenvalue weighted by atomic mass is 10.1. The minimum absolute atomic E-state index is 0.0936. The van der Waals surface area contributed by atoms with Crippen LogP contribution in [0.15, 0.2) is 48.5 Å². The zero-order valence-corrected chi connectivity index (χ0v) is 13.3. The van der Waals surface area contributed by atoms with Gasteiger partial charge < -0.3 is 5.32 Å². The summed E-state index contributed by atoms with van der Waals surface area (Å²) in [6, 6.07) is 12.7. The van der Waals surface area contributed by atoms with Gasteiger partial charge in [0.2, 0.25) is 5.91 Å². The molecule has 5 heteroatoms. The molecule has 0 unspecified atom stereocenters. The SMILES string of the molecule is O=C(CCCC(=O)c1ccc(F)cc1)NCc1ccccc1Cl. The van der Waals surface area contributed by atoms with E-state index in [0.29, 0.717) is 23.6 Å². The summed E-state index contributed by atoms with van der Waals surface area (Å²) in [6.07, 6.45) is 0.965. The first-order valence-corrected chi connectivity index (χ1v) is 7.73. The van der Waals surface area contributed by atoms with Crippen LogP contribution in [0, 0.1) is 5.82 Å². The second kappa shape index (κ2) is 8.44.